The molecule has 0 aliphatic carbocycles. The summed E-state index contributed by atoms with van der Waals surface area (Å²) in [6, 6.07) is 59.2. The van der Waals surface area contributed by atoms with E-state index in [9.17, 15) is 4.79 Å². The van der Waals surface area contributed by atoms with Gasteiger partial charge in [-0.2, -0.15) is 0 Å². The van der Waals surface area contributed by atoms with Crippen LogP contribution in [0.5, 0.6) is 0 Å². The summed E-state index contributed by atoms with van der Waals surface area (Å²) in [6.07, 6.45) is -0.313. The Balaban J connectivity index is 1.07. The predicted octanol–water partition coefficient (Wildman–Crippen LogP) is 10.5. The minimum Gasteiger partial charge on any atom is -0.456 e. The molecule has 0 spiro atoms. The fraction of sp³-hybridized carbons (Fsp3) is 0.0208. The first-order valence-electron chi connectivity index (χ1n) is 18.3. The van der Waals surface area contributed by atoms with E-state index in [0.29, 0.717) is 11.4 Å². The maximum Gasteiger partial charge on any atom is 0.279 e. The van der Waals surface area contributed by atoms with Crippen LogP contribution in [0.15, 0.2) is 195 Å². The number of benzene rings is 7. The molecule has 0 bridgehead atoms. The number of aromatic nitrogens is 2. The Kier molecular flexibility index (Phi) is 6.94. The number of fused-ring (bicyclic) bond motifs is 8. The zero-order valence-corrected chi connectivity index (χ0v) is 29.4. The van der Waals surface area contributed by atoms with Crippen LogP contribution in [-0.4, -0.2) is 20.6 Å². The highest BCUT2D eigenvalue weighted by Gasteiger charge is 2.24. The van der Waals surface area contributed by atoms with Crippen molar-refractivity contribution in [3.8, 4) is 16.8 Å². The first-order valence-corrected chi connectivity index (χ1v) is 18.3. The Morgan fingerprint density at radius 3 is 2.09 bits per heavy atom. The molecule has 1 unspecified atom stereocenters. The van der Waals surface area contributed by atoms with Crippen molar-refractivity contribution in [2.45, 2.75) is 6.17 Å². The lowest BCUT2D eigenvalue weighted by atomic mass is 9.99. The predicted molar refractivity (Wildman–Crippen MR) is 223 cm³/mol. The Bertz CT molecular complexity index is 3250. The first kappa shape index (κ1) is 31.1. The van der Waals surface area contributed by atoms with Gasteiger partial charge in [-0.15, -0.1) is 0 Å². The number of furan rings is 1. The molecule has 11 rings (SSSR count). The molecule has 10 aromatic rings. The van der Waals surface area contributed by atoms with E-state index in [2.05, 4.69) is 76.4 Å². The summed E-state index contributed by atoms with van der Waals surface area (Å²) in [5, 5.41) is 6.50. The minimum atomic E-state index is -0.313. The molecule has 0 fully saturated rings. The normalized spacial score (nSPS) is 14.4. The van der Waals surface area contributed by atoms with Gasteiger partial charge in [0.25, 0.3) is 5.56 Å². The number of hydrogen-bond acceptors (Lipinski definition) is 5. The molecule has 0 radical (unpaired) electrons. The van der Waals surface area contributed by atoms with E-state index in [0.717, 1.165) is 83.2 Å². The van der Waals surface area contributed by atoms with Gasteiger partial charge in [0, 0.05) is 33.0 Å². The molecule has 1 aliphatic rings. The lowest BCUT2D eigenvalue weighted by Gasteiger charge is -2.23. The van der Waals surface area contributed by atoms with Gasteiger partial charge in [0.2, 0.25) is 0 Å². The second kappa shape index (κ2) is 12.3. The van der Waals surface area contributed by atoms with Crippen LogP contribution in [0.25, 0.3) is 66.2 Å². The van der Waals surface area contributed by atoms with Crippen molar-refractivity contribution in [1.29, 1.82) is 0 Å². The van der Waals surface area contributed by atoms with Crippen molar-refractivity contribution in [1.82, 2.24) is 14.3 Å². The third kappa shape index (κ3) is 5.01. The van der Waals surface area contributed by atoms with E-state index in [4.69, 9.17) is 14.4 Å². The highest BCUT2D eigenvalue weighted by Crippen LogP contribution is 2.37. The zero-order chi connectivity index (χ0) is 36.5. The molecule has 260 valence electrons. The number of amidine groups is 2. The third-order valence-electron chi connectivity index (χ3n) is 10.6. The topological polar surface area (TPSA) is 76.3 Å². The molecule has 7 aromatic carbocycles. The van der Waals surface area contributed by atoms with E-state index >= 15 is 0 Å². The van der Waals surface area contributed by atoms with Gasteiger partial charge < -0.3 is 14.1 Å². The Morgan fingerprint density at radius 2 is 1.27 bits per heavy atom. The molecule has 0 saturated carbocycles. The third-order valence-corrected chi connectivity index (χ3v) is 10.6. The highest BCUT2D eigenvalue weighted by atomic mass is 16.3. The van der Waals surface area contributed by atoms with Gasteiger partial charge in [-0.05, 0) is 77.4 Å². The second-order valence-corrected chi connectivity index (χ2v) is 13.8. The molecule has 7 nitrogen and oxygen atoms in total. The molecule has 1 atom stereocenters. The summed E-state index contributed by atoms with van der Waals surface area (Å²) in [5.41, 5.74) is 10.8. The SMILES string of the molecule is O=c1c2cc3cc(-c4ccc5oc6cccc(C7=NC(c8ccccc8)NC(c8ccccc8)=N7)c6c5c4)ccc3n2c2ccccc2n1-c1ccccc1. The highest BCUT2D eigenvalue weighted by molar-refractivity contribution is 6.22. The maximum absolute atomic E-state index is 14.2. The summed E-state index contributed by atoms with van der Waals surface area (Å²) in [4.78, 5) is 24.5. The second-order valence-electron chi connectivity index (χ2n) is 13.8. The monoisotopic (exact) mass is 709 g/mol. The molecule has 0 amide bonds. The summed E-state index contributed by atoms with van der Waals surface area (Å²) in [7, 11) is 0. The number of para-hydroxylation sites is 3. The summed E-state index contributed by atoms with van der Waals surface area (Å²) < 4.78 is 10.3. The van der Waals surface area contributed by atoms with E-state index < -0.39 is 0 Å². The van der Waals surface area contributed by atoms with E-state index in [1.165, 1.54) is 0 Å². The number of nitrogens with zero attached hydrogens (tertiary/aromatic N) is 4. The lowest BCUT2D eigenvalue weighted by Crippen LogP contribution is -2.33. The fourth-order valence-corrected chi connectivity index (χ4v) is 8.02. The van der Waals surface area contributed by atoms with Gasteiger partial charge in [-0.25, -0.2) is 9.98 Å². The van der Waals surface area contributed by atoms with Crippen molar-refractivity contribution in [2.75, 3.05) is 0 Å². The average molecular weight is 710 g/mol. The van der Waals surface area contributed by atoms with Crippen molar-refractivity contribution < 1.29 is 4.42 Å². The summed E-state index contributed by atoms with van der Waals surface area (Å²) >= 11 is 0. The Morgan fingerprint density at radius 1 is 0.564 bits per heavy atom. The number of aliphatic imine (C=N–C) groups is 2. The van der Waals surface area contributed by atoms with Crippen LogP contribution in [-0.2, 0) is 0 Å². The molecule has 0 saturated heterocycles. The number of nitrogens with one attached hydrogen (secondary N) is 1. The van der Waals surface area contributed by atoms with Crippen LogP contribution >= 0.6 is 0 Å². The van der Waals surface area contributed by atoms with E-state index in [1.54, 1.807) is 0 Å². The van der Waals surface area contributed by atoms with Gasteiger partial charge in [-0.1, -0.05) is 115 Å². The van der Waals surface area contributed by atoms with Crippen LogP contribution in [0.2, 0.25) is 0 Å². The fourth-order valence-electron chi connectivity index (χ4n) is 8.02. The van der Waals surface area contributed by atoms with Gasteiger partial charge >= 0.3 is 0 Å². The van der Waals surface area contributed by atoms with E-state index in [-0.39, 0.29) is 11.7 Å². The number of hydrogen-bond donors (Lipinski definition) is 1. The van der Waals surface area contributed by atoms with Crippen LogP contribution in [0.4, 0.5) is 0 Å². The first-order chi connectivity index (χ1) is 27.2. The molecule has 7 heteroatoms. The van der Waals surface area contributed by atoms with Gasteiger partial charge in [0.05, 0.1) is 16.6 Å². The summed E-state index contributed by atoms with van der Waals surface area (Å²) in [5.74, 6) is 1.40. The molecular formula is C48H31N5O2. The smallest absolute Gasteiger partial charge is 0.279 e. The molecule has 1 aliphatic heterocycles. The van der Waals surface area contributed by atoms with Crippen molar-refractivity contribution >= 4 is 61.1 Å². The molecular weight excluding hydrogens is 679 g/mol. The molecule has 3 aromatic heterocycles. The largest absolute Gasteiger partial charge is 0.456 e. The van der Waals surface area contributed by atoms with E-state index in [1.807, 2.05) is 114 Å². The van der Waals surface area contributed by atoms with Crippen LogP contribution in [0, 0.1) is 0 Å². The van der Waals surface area contributed by atoms with Gasteiger partial charge in [0.15, 0.2) is 5.84 Å². The standard InChI is InChI=1S/C48H31N5O2/c54-48-41-29-34-27-32(23-25-38(34)53(41)40-21-11-10-20-39(40)52(48)35-17-8-3-9-18-35)33-24-26-42-37(28-33)44-36(19-12-22-43(44)55-42)47-50-45(30-13-4-1-5-14-30)49-46(51-47)31-15-6-2-7-16-31/h1-29,45H,(H,49,50,51). The van der Waals surface area contributed by atoms with Crippen LogP contribution < -0.4 is 10.9 Å². The van der Waals surface area contributed by atoms with Gasteiger partial charge in [0.1, 0.15) is 28.7 Å². The average Bonchev–Trinajstić information content (AvgIpc) is 3.83. The Labute approximate surface area is 314 Å². The minimum absolute atomic E-state index is 0.0603. The molecule has 1 N–H and O–H groups in total. The van der Waals surface area contributed by atoms with Crippen LogP contribution in [0.1, 0.15) is 22.9 Å². The maximum atomic E-state index is 14.2. The van der Waals surface area contributed by atoms with Gasteiger partial charge in [-0.3, -0.25) is 9.36 Å². The number of rotatable bonds is 5. The van der Waals surface area contributed by atoms with Crippen molar-refractivity contribution in [3.05, 3.63) is 203 Å². The quantitative estimate of drug-likeness (QED) is 0.193. The Hall–Kier alpha value is -7.51. The van der Waals surface area contributed by atoms with Crippen molar-refractivity contribution in [2.24, 2.45) is 9.98 Å². The molecule has 4 heterocycles. The van der Waals surface area contributed by atoms with Crippen molar-refractivity contribution in [3.63, 3.8) is 0 Å². The van der Waals surface area contributed by atoms with Crippen LogP contribution in [0.3, 0.4) is 0 Å². The molecule has 55 heavy (non-hydrogen) atoms. The summed E-state index contributed by atoms with van der Waals surface area (Å²) in [6.45, 7) is 0. The lowest BCUT2D eigenvalue weighted by molar-refractivity contribution is 0.668. The zero-order valence-electron chi connectivity index (χ0n) is 29.4.